The zero-order chi connectivity index (χ0) is 28.7. The first-order valence-electron chi connectivity index (χ1n) is 12.3. The first-order valence-corrected chi connectivity index (χ1v) is 12.3. The summed E-state index contributed by atoms with van der Waals surface area (Å²) in [4.78, 5) is 24.3. The van der Waals surface area contributed by atoms with E-state index in [9.17, 15) is 9.90 Å². The number of ether oxygens (including phenoxy) is 1. The topological polar surface area (TPSA) is 235 Å². The first-order chi connectivity index (χ1) is 17.8. The van der Waals surface area contributed by atoms with Crippen LogP contribution < -0.4 is 27.3 Å². The summed E-state index contributed by atoms with van der Waals surface area (Å²) in [5.74, 6) is -1.33. The van der Waals surface area contributed by atoms with E-state index in [1.54, 1.807) is 6.92 Å². The normalized spacial score (nSPS) is 12.3. The monoisotopic (exact) mass is 535 g/mol. The number of aliphatic hydroxyl groups excluding tert-OH is 2. The molecule has 0 fully saturated rings. The number of hydrogen-bond donors (Lipinski definition) is 8. The van der Waals surface area contributed by atoms with Crippen molar-refractivity contribution in [2.45, 2.75) is 64.8 Å². The van der Waals surface area contributed by atoms with Crippen molar-refractivity contribution in [3.63, 3.8) is 0 Å². The van der Waals surface area contributed by atoms with Gasteiger partial charge in [0.2, 0.25) is 0 Å². The van der Waals surface area contributed by atoms with E-state index in [0.29, 0.717) is 30.8 Å². The molecular formula is C25H41N7O6. The molecule has 2 aromatic rings. The van der Waals surface area contributed by atoms with E-state index < -0.39 is 17.8 Å². The number of amides is 1. The molecule has 38 heavy (non-hydrogen) atoms. The molecule has 0 bridgehead atoms. The Kier molecular flexibility index (Phi) is 14.0. The Morgan fingerprint density at radius 1 is 1.16 bits per heavy atom. The molecule has 0 saturated carbocycles. The predicted octanol–water partition coefficient (Wildman–Crippen LogP) is 0.236. The number of carbonyl (C=O) groups excluding carboxylic acids is 1. The van der Waals surface area contributed by atoms with Crippen LogP contribution in [0.3, 0.4) is 0 Å². The van der Waals surface area contributed by atoms with Crippen molar-refractivity contribution < 1.29 is 30.0 Å². The van der Waals surface area contributed by atoms with Crippen molar-refractivity contribution in [1.29, 1.82) is 0 Å². The van der Waals surface area contributed by atoms with E-state index in [1.807, 2.05) is 24.3 Å². The van der Waals surface area contributed by atoms with Crippen LogP contribution in [0.5, 0.6) is 5.75 Å². The highest BCUT2D eigenvalue weighted by Crippen LogP contribution is 2.16. The number of hydrogen-bond acceptors (Lipinski definition) is 11. The number of unbranched alkanes of at least 4 members (excludes halogenated alkanes) is 1. The first kappa shape index (κ1) is 32.5. The molecule has 1 amide bonds. The van der Waals surface area contributed by atoms with Crippen LogP contribution in [0.4, 0.5) is 11.6 Å². The van der Waals surface area contributed by atoms with E-state index in [2.05, 4.69) is 20.3 Å². The number of nitrogens with zero attached hydrogens (tertiary/aromatic N) is 3. The van der Waals surface area contributed by atoms with Crippen LogP contribution in [0.2, 0.25) is 0 Å². The molecule has 13 heteroatoms. The Hall–Kier alpha value is -3.52. The van der Waals surface area contributed by atoms with Crippen molar-refractivity contribution in [2.24, 2.45) is 10.7 Å². The van der Waals surface area contributed by atoms with Gasteiger partial charge >= 0.3 is 0 Å². The van der Waals surface area contributed by atoms with Gasteiger partial charge in [-0.3, -0.25) is 15.1 Å². The molecule has 0 saturated heterocycles. The number of carbonyl (C=O) groups is 1. The number of aliphatic hydroxyl groups is 4. The molecule has 0 spiro atoms. The summed E-state index contributed by atoms with van der Waals surface area (Å²) in [6.45, 7) is 4.91. The highest BCUT2D eigenvalue weighted by atomic mass is 16.5. The average molecular weight is 536 g/mol. The summed E-state index contributed by atoms with van der Waals surface area (Å²) in [5.41, 5.74) is 18.6. The van der Waals surface area contributed by atoms with Gasteiger partial charge in [0.05, 0.1) is 11.8 Å². The van der Waals surface area contributed by atoms with Crippen LogP contribution in [0.25, 0.3) is 0 Å². The van der Waals surface area contributed by atoms with Gasteiger partial charge in [0.25, 0.3) is 5.91 Å². The minimum atomic E-state index is -1.50. The lowest BCUT2D eigenvalue weighted by molar-refractivity contribution is -0.127. The molecule has 1 atom stereocenters. The van der Waals surface area contributed by atoms with Crippen LogP contribution in [0.15, 0.2) is 29.3 Å². The van der Waals surface area contributed by atoms with Gasteiger partial charge < -0.3 is 42.4 Å². The summed E-state index contributed by atoms with van der Waals surface area (Å²) in [7, 11) is 0. The number of benzene rings is 1. The van der Waals surface area contributed by atoms with Gasteiger partial charge in [0, 0.05) is 13.2 Å². The van der Waals surface area contributed by atoms with E-state index in [-0.39, 0.29) is 36.5 Å². The molecule has 13 nitrogen and oxygen atoms in total. The van der Waals surface area contributed by atoms with Crippen molar-refractivity contribution >= 4 is 23.5 Å². The predicted molar refractivity (Wildman–Crippen MR) is 145 cm³/mol. The molecule has 0 aliphatic rings. The van der Waals surface area contributed by atoms with Crippen LogP contribution in [-0.2, 0) is 6.42 Å². The molecule has 1 aromatic carbocycles. The Morgan fingerprint density at radius 3 is 2.50 bits per heavy atom. The highest BCUT2D eigenvalue weighted by Gasteiger charge is 2.15. The van der Waals surface area contributed by atoms with E-state index in [0.717, 1.165) is 24.8 Å². The third kappa shape index (κ3) is 14.3. The third-order valence-corrected chi connectivity index (χ3v) is 4.78. The molecule has 0 radical (unpaired) electrons. The molecule has 212 valence electrons. The standard InChI is InChI=1S/C22H33N7O4.C3H8O2/c1-14-19(23)28-20(24)18(27-14)21(32)29-22(25)26-10-3-2-6-15-7-4-9-17(12-15)33-13-16(31)8-5-11-30;1-3(2,4)5/h4,7,9,12,16,30-31H,2-3,5-6,8,10-11,13H2,1H3,(H4,23,24,28)(H3,25,26,29,32);4-5H,1-2H3. The Balaban J connectivity index is 0.00000132. The summed E-state index contributed by atoms with van der Waals surface area (Å²) in [6, 6.07) is 7.70. The number of aromatic nitrogens is 2. The second-order valence-electron chi connectivity index (χ2n) is 9.08. The zero-order valence-electron chi connectivity index (χ0n) is 22.2. The number of aryl methyl sites for hydroxylation is 2. The summed E-state index contributed by atoms with van der Waals surface area (Å²) < 4.78 is 5.62. The lowest BCUT2D eigenvalue weighted by Crippen LogP contribution is -2.38. The minimum absolute atomic E-state index is 0.0224. The fourth-order valence-corrected chi connectivity index (χ4v) is 2.96. The fraction of sp³-hybridized carbons (Fsp3) is 0.520. The molecule has 0 aliphatic heterocycles. The molecule has 11 N–H and O–H groups in total. The number of anilines is 2. The zero-order valence-corrected chi connectivity index (χ0v) is 22.2. The van der Waals surface area contributed by atoms with Crippen molar-refractivity contribution in [3.8, 4) is 5.75 Å². The summed E-state index contributed by atoms with van der Waals surface area (Å²) in [5, 5.41) is 37.2. The largest absolute Gasteiger partial charge is 0.491 e. The quantitative estimate of drug-likeness (QED) is 0.0792. The maximum absolute atomic E-state index is 12.3. The van der Waals surface area contributed by atoms with Crippen LogP contribution in [0.1, 0.15) is 61.3 Å². The van der Waals surface area contributed by atoms with Crippen molar-refractivity contribution in [2.75, 3.05) is 31.2 Å². The SMILES string of the molecule is CC(C)(O)O.Cc1nc(C(=O)NC(N)=NCCCCc2cccc(OCC(O)CCCO)c2)c(N)nc1N. The average Bonchev–Trinajstić information content (AvgIpc) is 2.82. The maximum atomic E-state index is 12.3. The van der Waals surface area contributed by atoms with Gasteiger partial charge in [0.1, 0.15) is 18.2 Å². The lowest BCUT2D eigenvalue weighted by atomic mass is 10.1. The number of nitrogens with one attached hydrogen (secondary N) is 1. The number of guanidine groups is 1. The number of nitrogens with two attached hydrogens (primary N) is 3. The molecular weight excluding hydrogens is 494 g/mol. The summed E-state index contributed by atoms with van der Waals surface area (Å²) in [6.07, 6.45) is 2.90. The molecule has 1 unspecified atom stereocenters. The molecule has 2 rings (SSSR count). The third-order valence-electron chi connectivity index (χ3n) is 4.78. The second kappa shape index (κ2) is 16.3. The Morgan fingerprint density at radius 2 is 1.84 bits per heavy atom. The number of rotatable bonds is 12. The van der Waals surface area contributed by atoms with Gasteiger partial charge in [-0.1, -0.05) is 12.1 Å². The van der Waals surface area contributed by atoms with Crippen LogP contribution in [-0.4, -0.2) is 73.9 Å². The minimum Gasteiger partial charge on any atom is -0.491 e. The summed E-state index contributed by atoms with van der Waals surface area (Å²) >= 11 is 0. The van der Waals surface area contributed by atoms with E-state index in [1.165, 1.54) is 13.8 Å². The maximum Gasteiger partial charge on any atom is 0.280 e. The highest BCUT2D eigenvalue weighted by molar-refractivity contribution is 6.06. The molecule has 1 aromatic heterocycles. The van der Waals surface area contributed by atoms with Crippen molar-refractivity contribution in [3.05, 3.63) is 41.2 Å². The molecule has 0 aliphatic carbocycles. The van der Waals surface area contributed by atoms with Gasteiger partial charge in [-0.15, -0.1) is 0 Å². The second-order valence-corrected chi connectivity index (χ2v) is 9.08. The van der Waals surface area contributed by atoms with Crippen molar-refractivity contribution in [1.82, 2.24) is 15.3 Å². The number of nitrogen functional groups attached to an aromatic ring is 2. The fourth-order valence-electron chi connectivity index (χ4n) is 2.96. The van der Waals surface area contributed by atoms with Gasteiger partial charge in [0.15, 0.2) is 23.3 Å². The van der Waals surface area contributed by atoms with Crippen LogP contribution in [0, 0.1) is 6.92 Å². The van der Waals surface area contributed by atoms with Gasteiger partial charge in [-0.05, 0) is 70.6 Å². The Bertz CT molecular complexity index is 1040. The van der Waals surface area contributed by atoms with E-state index in [4.69, 9.17) is 37.3 Å². The van der Waals surface area contributed by atoms with Crippen LogP contribution >= 0.6 is 0 Å². The Labute approximate surface area is 222 Å². The van der Waals surface area contributed by atoms with E-state index >= 15 is 0 Å². The van der Waals surface area contributed by atoms with Gasteiger partial charge in [-0.2, -0.15) is 0 Å². The van der Waals surface area contributed by atoms with Gasteiger partial charge in [-0.25, -0.2) is 9.97 Å². The lowest BCUT2D eigenvalue weighted by Gasteiger charge is -2.12. The molecule has 1 heterocycles. The number of aliphatic imine (C=N–C) groups is 1. The smallest absolute Gasteiger partial charge is 0.280 e.